The number of piperidine rings is 1. The predicted octanol–water partition coefficient (Wildman–Crippen LogP) is 3.41. The normalized spacial score (nSPS) is 24.6. The Bertz CT molecular complexity index is 1040. The van der Waals surface area contributed by atoms with Gasteiger partial charge in [0.1, 0.15) is 6.04 Å². The van der Waals surface area contributed by atoms with Crippen molar-refractivity contribution >= 4 is 17.7 Å². The number of hydrogen-bond donors (Lipinski definition) is 1. The third-order valence-electron chi connectivity index (χ3n) is 8.00. The molecule has 3 aliphatic rings. The van der Waals surface area contributed by atoms with Crippen molar-refractivity contribution in [1.29, 1.82) is 0 Å². The number of rotatable bonds is 5. The molecule has 1 aromatic heterocycles. The highest BCUT2D eigenvalue weighted by Gasteiger charge is 2.48. The van der Waals surface area contributed by atoms with Crippen molar-refractivity contribution in [3.63, 3.8) is 0 Å². The third-order valence-corrected chi connectivity index (χ3v) is 8.00. The molecule has 3 fully saturated rings. The summed E-state index contributed by atoms with van der Waals surface area (Å²) in [6.45, 7) is 1.58. The Kier molecular flexibility index (Phi) is 7.11. The molecule has 7 heteroatoms. The van der Waals surface area contributed by atoms with Crippen molar-refractivity contribution in [3.05, 3.63) is 66.0 Å². The quantitative estimate of drug-likeness (QED) is 0.720. The highest BCUT2D eigenvalue weighted by atomic mass is 16.2. The monoisotopic (exact) mass is 474 g/mol. The summed E-state index contributed by atoms with van der Waals surface area (Å²) in [6, 6.07) is 12.9. The van der Waals surface area contributed by atoms with Gasteiger partial charge in [0.05, 0.1) is 0 Å². The fourth-order valence-corrected chi connectivity index (χ4v) is 6.11. The number of benzene rings is 1. The van der Waals surface area contributed by atoms with E-state index >= 15 is 0 Å². The van der Waals surface area contributed by atoms with Crippen LogP contribution in [0.4, 0.5) is 0 Å². The van der Waals surface area contributed by atoms with Gasteiger partial charge in [-0.1, -0.05) is 37.1 Å². The number of hydrogen-bond acceptors (Lipinski definition) is 4. The molecule has 1 saturated carbocycles. The fraction of sp³-hybridized carbons (Fsp3) is 0.500. The summed E-state index contributed by atoms with van der Waals surface area (Å²) in [5.74, 6) is 0.375. The number of carbonyl (C=O) groups is 3. The molecule has 1 aromatic carbocycles. The molecule has 5 rings (SSSR count). The van der Waals surface area contributed by atoms with E-state index in [0.717, 1.165) is 31.2 Å². The zero-order valence-electron chi connectivity index (χ0n) is 20.1. The molecule has 0 radical (unpaired) electrons. The highest BCUT2D eigenvalue weighted by Crippen LogP contribution is 2.41. The van der Waals surface area contributed by atoms with Crippen LogP contribution in [0.1, 0.15) is 60.9 Å². The molecule has 2 saturated heterocycles. The topological polar surface area (TPSA) is 82.6 Å². The second-order valence-electron chi connectivity index (χ2n) is 10.1. The Hall–Kier alpha value is -3.22. The van der Waals surface area contributed by atoms with Crippen molar-refractivity contribution in [2.75, 3.05) is 13.1 Å². The van der Waals surface area contributed by atoms with Gasteiger partial charge in [-0.25, -0.2) is 0 Å². The molecule has 1 aliphatic carbocycles. The molecular weight excluding hydrogens is 440 g/mol. The molecular formula is C28H34N4O3. The summed E-state index contributed by atoms with van der Waals surface area (Å²) >= 11 is 0. The minimum Gasteiger partial charge on any atom is -0.352 e. The molecule has 7 nitrogen and oxygen atoms in total. The van der Waals surface area contributed by atoms with Crippen LogP contribution in [-0.4, -0.2) is 57.7 Å². The van der Waals surface area contributed by atoms with E-state index in [1.807, 2.05) is 52.3 Å². The van der Waals surface area contributed by atoms with Gasteiger partial charge in [0.25, 0.3) is 5.91 Å². The zero-order valence-corrected chi connectivity index (χ0v) is 20.1. The van der Waals surface area contributed by atoms with Gasteiger partial charge in [-0.3, -0.25) is 19.4 Å². The van der Waals surface area contributed by atoms with E-state index in [9.17, 15) is 14.4 Å². The second kappa shape index (κ2) is 10.6. The number of amides is 3. The average molecular weight is 475 g/mol. The lowest BCUT2D eigenvalue weighted by Gasteiger charge is -2.37. The Balaban J connectivity index is 1.22. The van der Waals surface area contributed by atoms with E-state index in [4.69, 9.17) is 0 Å². The Labute approximate surface area is 206 Å². The Morgan fingerprint density at radius 2 is 1.71 bits per heavy atom. The summed E-state index contributed by atoms with van der Waals surface area (Å²) in [6.07, 6.45) is 9.88. The molecule has 0 spiro atoms. The number of pyridine rings is 1. The van der Waals surface area contributed by atoms with Crippen LogP contribution in [0.15, 0.2) is 54.9 Å². The van der Waals surface area contributed by atoms with Crippen molar-refractivity contribution in [2.45, 2.75) is 63.6 Å². The smallest absolute Gasteiger partial charge is 0.254 e. The summed E-state index contributed by atoms with van der Waals surface area (Å²) in [7, 11) is 0. The van der Waals surface area contributed by atoms with Gasteiger partial charge in [0.15, 0.2) is 0 Å². The van der Waals surface area contributed by atoms with Crippen LogP contribution in [0, 0.1) is 11.8 Å². The molecule has 3 amide bonds. The van der Waals surface area contributed by atoms with Crippen LogP contribution in [0.5, 0.6) is 0 Å². The van der Waals surface area contributed by atoms with Crippen molar-refractivity contribution in [2.24, 2.45) is 11.8 Å². The van der Waals surface area contributed by atoms with E-state index in [-0.39, 0.29) is 29.7 Å². The first kappa shape index (κ1) is 23.5. The summed E-state index contributed by atoms with van der Waals surface area (Å²) in [5.41, 5.74) is 1.62. The molecule has 2 aromatic rings. The van der Waals surface area contributed by atoms with Crippen LogP contribution < -0.4 is 5.32 Å². The van der Waals surface area contributed by atoms with Gasteiger partial charge < -0.3 is 15.1 Å². The number of likely N-dealkylation sites (tertiary alicyclic amines) is 2. The standard InChI is InChI=1S/C28H34N4O3/c33-26(30-19-20-7-6-14-29-18-20)21-12-15-31(16-13-21)28(35)25-17-23-10-4-5-11-24(23)32(25)27(34)22-8-2-1-3-9-22/h1-3,6-9,14,18,21,23-25H,4-5,10-13,15-17,19H2,(H,30,33). The number of aromatic nitrogens is 1. The first-order chi connectivity index (χ1) is 17.1. The molecule has 35 heavy (non-hydrogen) atoms. The lowest BCUT2D eigenvalue weighted by molar-refractivity contribution is -0.139. The second-order valence-corrected chi connectivity index (χ2v) is 10.1. The minimum atomic E-state index is -0.397. The SMILES string of the molecule is O=C(NCc1cccnc1)C1CCN(C(=O)C2CC3CCCCC3N2C(=O)c2ccccc2)CC1. The average Bonchev–Trinajstić information content (AvgIpc) is 3.31. The van der Waals surface area contributed by atoms with Gasteiger partial charge in [-0.2, -0.15) is 0 Å². The highest BCUT2D eigenvalue weighted by molar-refractivity contribution is 5.98. The first-order valence-electron chi connectivity index (χ1n) is 12.9. The maximum absolute atomic E-state index is 13.7. The first-order valence-corrected chi connectivity index (χ1v) is 12.9. The summed E-state index contributed by atoms with van der Waals surface area (Å²) < 4.78 is 0. The van der Waals surface area contributed by atoms with Crippen LogP contribution in [0.25, 0.3) is 0 Å². The fourth-order valence-electron chi connectivity index (χ4n) is 6.11. The van der Waals surface area contributed by atoms with Gasteiger partial charge in [0.2, 0.25) is 11.8 Å². The maximum atomic E-state index is 13.7. The summed E-state index contributed by atoms with van der Waals surface area (Å²) in [4.78, 5) is 47.8. The van der Waals surface area contributed by atoms with E-state index < -0.39 is 6.04 Å². The van der Waals surface area contributed by atoms with Gasteiger partial charge >= 0.3 is 0 Å². The lowest BCUT2D eigenvalue weighted by atomic mass is 9.84. The molecule has 3 unspecified atom stereocenters. The van der Waals surface area contributed by atoms with Crippen LogP contribution in [0.2, 0.25) is 0 Å². The van der Waals surface area contributed by atoms with Gasteiger partial charge in [-0.05, 0) is 61.8 Å². The third kappa shape index (κ3) is 5.09. The Morgan fingerprint density at radius 3 is 2.46 bits per heavy atom. The molecule has 3 atom stereocenters. The Morgan fingerprint density at radius 1 is 0.943 bits per heavy atom. The number of carbonyl (C=O) groups excluding carboxylic acids is 3. The van der Waals surface area contributed by atoms with Crippen molar-refractivity contribution < 1.29 is 14.4 Å². The van der Waals surface area contributed by atoms with E-state index in [1.54, 1.807) is 12.4 Å². The molecule has 1 N–H and O–H groups in total. The molecule has 0 bridgehead atoms. The van der Waals surface area contributed by atoms with Crippen LogP contribution in [-0.2, 0) is 16.1 Å². The van der Waals surface area contributed by atoms with Crippen molar-refractivity contribution in [3.8, 4) is 0 Å². The predicted molar refractivity (Wildman–Crippen MR) is 132 cm³/mol. The van der Waals surface area contributed by atoms with Gasteiger partial charge in [-0.15, -0.1) is 0 Å². The minimum absolute atomic E-state index is 0.0250. The molecule has 184 valence electrons. The van der Waals surface area contributed by atoms with E-state index in [0.29, 0.717) is 44.0 Å². The van der Waals surface area contributed by atoms with Gasteiger partial charge in [0, 0.05) is 49.6 Å². The zero-order chi connectivity index (χ0) is 24.2. The van der Waals surface area contributed by atoms with E-state index in [2.05, 4.69) is 10.3 Å². The number of nitrogens with one attached hydrogen (secondary N) is 1. The van der Waals surface area contributed by atoms with Crippen molar-refractivity contribution in [1.82, 2.24) is 20.1 Å². The molecule has 3 heterocycles. The maximum Gasteiger partial charge on any atom is 0.254 e. The summed E-state index contributed by atoms with van der Waals surface area (Å²) in [5, 5.41) is 3.01. The van der Waals surface area contributed by atoms with E-state index in [1.165, 1.54) is 6.42 Å². The van der Waals surface area contributed by atoms with Crippen LogP contribution in [0.3, 0.4) is 0 Å². The largest absolute Gasteiger partial charge is 0.352 e. The number of nitrogens with zero attached hydrogens (tertiary/aromatic N) is 3. The number of fused-ring (bicyclic) bond motifs is 1. The lowest BCUT2D eigenvalue weighted by Crippen LogP contribution is -2.52. The molecule has 2 aliphatic heterocycles. The van der Waals surface area contributed by atoms with Crippen LogP contribution >= 0.6 is 0 Å².